The zero-order valence-corrected chi connectivity index (χ0v) is 10.7. The molecule has 2 atom stereocenters. The molecule has 21 heavy (non-hydrogen) atoms. The molecule has 0 radical (unpaired) electrons. The number of carboxylic acid groups (broad SMARTS) is 3. The highest BCUT2D eigenvalue weighted by Crippen LogP contribution is 1.96. The number of rotatable bonds is 9. The summed E-state index contributed by atoms with van der Waals surface area (Å²) in [4.78, 5) is 54.4. The Hall–Kier alpha value is -2.69. The second-order valence-corrected chi connectivity index (χ2v) is 3.97. The third-order valence-corrected chi connectivity index (χ3v) is 2.16. The Labute approximate surface area is 118 Å². The van der Waals surface area contributed by atoms with Crippen LogP contribution in [0.2, 0.25) is 0 Å². The lowest BCUT2D eigenvalue weighted by Gasteiger charge is -2.18. The van der Waals surface area contributed by atoms with Gasteiger partial charge in [-0.15, -0.1) is 0 Å². The lowest BCUT2D eigenvalue weighted by atomic mass is 10.1. The van der Waals surface area contributed by atoms with Crippen LogP contribution in [0.15, 0.2) is 0 Å². The molecule has 7 N–H and O–H groups in total. The van der Waals surface area contributed by atoms with Crippen LogP contribution >= 0.6 is 0 Å². The van der Waals surface area contributed by atoms with Crippen molar-refractivity contribution in [2.45, 2.75) is 24.9 Å². The number of hydrogen-bond donors (Lipinski definition) is 6. The van der Waals surface area contributed by atoms with E-state index in [1.54, 1.807) is 0 Å². The lowest BCUT2D eigenvalue weighted by Crippen LogP contribution is -2.53. The van der Waals surface area contributed by atoms with E-state index in [1.807, 2.05) is 10.6 Å². The normalized spacial score (nSPS) is 12.8. The summed E-state index contributed by atoms with van der Waals surface area (Å²) in [6, 6.07) is -3.03. The summed E-state index contributed by atoms with van der Waals surface area (Å²) in [5.74, 6) is -6.18. The molecule has 0 aliphatic heterocycles. The summed E-state index contributed by atoms with van der Waals surface area (Å²) >= 11 is 0. The maximum atomic E-state index is 11.6. The van der Waals surface area contributed by atoms with E-state index < -0.39 is 61.2 Å². The Balaban J connectivity index is 4.71. The van der Waals surface area contributed by atoms with E-state index >= 15 is 0 Å². The lowest BCUT2D eigenvalue weighted by molar-refractivity contribution is -0.142. The summed E-state index contributed by atoms with van der Waals surface area (Å²) in [6.07, 6.45) is -1.51. The van der Waals surface area contributed by atoms with Gasteiger partial charge in [-0.1, -0.05) is 0 Å². The summed E-state index contributed by atoms with van der Waals surface area (Å²) in [5.41, 5.74) is 5.25. The molecule has 2 unspecified atom stereocenters. The molecule has 0 rings (SSSR count). The number of amides is 2. The van der Waals surface area contributed by atoms with Crippen LogP contribution in [0.5, 0.6) is 0 Å². The van der Waals surface area contributed by atoms with Crippen molar-refractivity contribution in [3.8, 4) is 0 Å². The predicted octanol–water partition coefficient (Wildman–Crippen LogP) is -3.05. The Morgan fingerprint density at radius 2 is 1.38 bits per heavy atom. The first kappa shape index (κ1) is 18.3. The molecule has 0 aromatic rings. The molecule has 0 fully saturated rings. The molecule has 0 aliphatic carbocycles. The third-order valence-electron chi connectivity index (χ3n) is 2.16. The standard InChI is InChI=1S/C10H15N3O8/c11-4(1-6(14)15)9(20)13-5(2-7(16)17)10(21)12-3-8(18)19/h4-5H,1-3,11H2,(H,12,21)(H,13,20)(H,14,15)(H,16,17)(H,18,19). The molecule has 2 amide bonds. The zero-order valence-electron chi connectivity index (χ0n) is 10.7. The Bertz CT molecular complexity index is 450. The number of aliphatic carboxylic acids is 3. The highest BCUT2D eigenvalue weighted by Gasteiger charge is 2.27. The fraction of sp³-hybridized carbons (Fsp3) is 0.500. The molecule has 0 aromatic carbocycles. The maximum Gasteiger partial charge on any atom is 0.322 e. The maximum absolute atomic E-state index is 11.6. The van der Waals surface area contributed by atoms with Crippen molar-refractivity contribution in [2.75, 3.05) is 6.54 Å². The molecule has 0 spiro atoms. The van der Waals surface area contributed by atoms with Gasteiger partial charge in [0.25, 0.3) is 0 Å². The van der Waals surface area contributed by atoms with Crippen molar-refractivity contribution in [3.05, 3.63) is 0 Å². The smallest absolute Gasteiger partial charge is 0.322 e. The molecule has 0 bridgehead atoms. The van der Waals surface area contributed by atoms with E-state index in [4.69, 9.17) is 21.1 Å². The number of hydrogen-bond acceptors (Lipinski definition) is 6. The number of nitrogens with one attached hydrogen (secondary N) is 2. The average Bonchev–Trinajstić information content (AvgIpc) is 2.33. The highest BCUT2D eigenvalue weighted by atomic mass is 16.4. The van der Waals surface area contributed by atoms with Gasteiger partial charge in [0.1, 0.15) is 12.6 Å². The van der Waals surface area contributed by atoms with Gasteiger partial charge in [0.05, 0.1) is 18.9 Å². The number of nitrogens with two attached hydrogens (primary N) is 1. The van der Waals surface area contributed by atoms with Gasteiger partial charge in [0, 0.05) is 0 Å². The summed E-state index contributed by atoms with van der Waals surface area (Å²) in [5, 5.41) is 29.4. The van der Waals surface area contributed by atoms with Crippen molar-refractivity contribution in [1.82, 2.24) is 10.6 Å². The van der Waals surface area contributed by atoms with E-state index in [9.17, 15) is 24.0 Å². The van der Waals surface area contributed by atoms with Crippen LogP contribution in [0.25, 0.3) is 0 Å². The van der Waals surface area contributed by atoms with Gasteiger partial charge in [-0.25, -0.2) is 0 Å². The number of carboxylic acids is 3. The quantitative estimate of drug-likeness (QED) is 0.256. The molecule has 118 valence electrons. The number of carbonyl (C=O) groups excluding carboxylic acids is 2. The fourth-order valence-electron chi connectivity index (χ4n) is 1.23. The van der Waals surface area contributed by atoms with Crippen molar-refractivity contribution in [2.24, 2.45) is 5.73 Å². The molecule has 11 nitrogen and oxygen atoms in total. The molecule has 11 heteroatoms. The molecule has 0 saturated heterocycles. The highest BCUT2D eigenvalue weighted by molar-refractivity contribution is 5.94. The van der Waals surface area contributed by atoms with Gasteiger partial charge < -0.3 is 31.7 Å². The molecular formula is C10H15N3O8. The Morgan fingerprint density at radius 1 is 0.857 bits per heavy atom. The van der Waals surface area contributed by atoms with Crippen LogP contribution < -0.4 is 16.4 Å². The topological polar surface area (TPSA) is 196 Å². The van der Waals surface area contributed by atoms with E-state index in [0.29, 0.717) is 0 Å². The van der Waals surface area contributed by atoms with Gasteiger partial charge in [-0.05, 0) is 0 Å². The molecule has 0 aliphatic rings. The van der Waals surface area contributed by atoms with Gasteiger partial charge >= 0.3 is 17.9 Å². The minimum absolute atomic E-state index is 0.706. The minimum Gasteiger partial charge on any atom is -0.481 e. The van der Waals surface area contributed by atoms with Gasteiger partial charge in [0.15, 0.2) is 0 Å². The second kappa shape index (κ2) is 8.47. The largest absolute Gasteiger partial charge is 0.481 e. The van der Waals surface area contributed by atoms with Gasteiger partial charge in [-0.3, -0.25) is 24.0 Å². The predicted molar refractivity (Wildman–Crippen MR) is 65.1 cm³/mol. The van der Waals surface area contributed by atoms with Crippen molar-refractivity contribution < 1.29 is 39.3 Å². The first-order valence-corrected chi connectivity index (χ1v) is 5.62. The third kappa shape index (κ3) is 8.15. The van der Waals surface area contributed by atoms with Crippen LogP contribution in [0.3, 0.4) is 0 Å². The van der Waals surface area contributed by atoms with Crippen LogP contribution in [0.4, 0.5) is 0 Å². The Kier molecular flexibility index (Phi) is 7.39. The van der Waals surface area contributed by atoms with Crippen LogP contribution in [-0.4, -0.2) is 63.7 Å². The van der Waals surface area contributed by atoms with E-state index in [-0.39, 0.29) is 0 Å². The zero-order chi connectivity index (χ0) is 16.6. The molecule has 0 aromatic heterocycles. The summed E-state index contributed by atoms with van der Waals surface area (Å²) < 4.78 is 0. The van der Waals surface area contributed by atoms with E-state index in [1.165, 1.54) is 0 Å². The van der Waals surface area contributed by atoms with Gasteiger partial charge in [-0.2, -0.15) is 0 Å². The molecular weight excluding hydrogens is 290 g/mol. The van der Waals surface area contributed by atoms with Crippen LogP contribution in [0.1, 0.15) is 12.8 Å². The first-order chi connectivity index (χ1) is 9.63. The van der Waals surface area contributed by atoms with E-state index in [0.717, 1.165) is 0 Å². The SMILES string of the molecule is NC(CC(=O)O)C(=O)NC(CC(=O)O)C(=O)NCC(=O)O. The van der Waals surface area contributed by atoms with Gasteiger partial charge in [0.2, 0.25) is 11.8 Å². The van der Waals surface area contributed by atoms with Crippen LogP contribution in [0, 0.1) is 0 Å². The molecule has 0 saturated carbocycles. The fourth-order valence-corrected chi connectivity index (χ4v) is 1.23. The minimum atomic E-state index is -1.56. The summed E-state index contributed by atoms with van der Waals surface area (Å²) in [7, 11) is 0. The van der Waals surface area contributed by atoms with Crippen LogP contribution in [-0.2, 0) is 24.0 Å². The number of carbonyl (C=O) groups is 5. The monoisotopic (exact) mass is 305 g/mol. The summed E-state index contributed by atoms with van der Waals surface area (Å²) in [6.45, 7) is -0.758. The average molecular weight is 305 g/mol. The first-order valence-electron chi connectivity index (χ1n) is 5.62. The molecule has 0 heterocycles. The van der Waals surface area contributed by atoms with E-state index in [2.05, 4.69) is 0 Å². The van der Waals surface area contributed by atoms with Crippen molar-refractivity contribution in [3.63, 3.8) is 0 Å². The Morgan fingerprint density at radius 3 is 1.81 bits per heavy atom. The van der Waals surface area contributed by atoms with Crippen molar-refractivity contribution in [1.29, 1.82) is 0 Å². The second-order valence-electron chi connectivity index (χ2n) is 3.97. The van der Waals surface area contributed by atoms with Crippen molar-refractivity contribution >= 4 is 29.7 Å².